The van der Waals surface area contributed by atoms with Crippen LogP contribution in [0.5, 0.6) is 0 Å². The Kier molecular flexibility index (Phi) is 6.70. The maximum Gasteiger partial charge on any atom is 0.340 e. The molecule has 2 aromatic carbocycles. The average Bonchev–Trinajstić information content (AvgIpc) is 2.62. The first-order chi connectivity index (χ1) is 13.0. The number of sulfonamides is 1. The predicted molar refractivity (Wildman–Crippen MR) is 97.6 cm³/mol. The van der Waals surface area contributed by atoms with E-state index in [2.05, 4.69) is 5.32 Å². The zero-order chi connectivity index (χ0) is 21.1. The number of nitrogens with zero attached hydrogens (tertiary/aromatic N) is 1. The Morgan fingerprint density at radius 1 is 1.14 bits per heavy atom. The predicted octanol–water partition coefficient (Wildman–Crippen LogP) is 2.66. The van der Waals surface area contributed by atoms with E-state index in [4.69, 9.17) is 16.3 Å². The van der Waals surface area contributed by atoms with Crippen molar-refractivity contribution in [1.82, 2.24) is 4.31 Å². The summed E-state index contributed by atoms with van der Waals surface area (Å²) in [5, 5.41) is 2.04. The van der Waals surface area contributed by atoms with E-state index in [0.29, 0.717) is 6.07 Å². The first-order valence-corrected chi connectivity index (χ1v) is 9.48. The summed E-state index contributed by atoms with van der Waals surface area (Å²) < 4.78 is 56.4. The molecule has 11 heteroatoms. The number of hydrogen-bond donors (Lipinski definition) is 1. The van der Waals surface area contributed by atoms with E-state index < -0.39 is 40.1 Å². The first kappa shape index (κ1) is 21.7. The van der Waals surface area contributed by atoms with E-state index in [0.717, 1.165) is 22.5 Å². The Morgan fingerprint density at radius 2 is 1.82 bits per heavy atom. The smallest absolute Gasteiger partial charge is 0.340 e. The molecule has 0 spiro atoms. The van der Waals surface area contributed by atoms with Gasteiger partial charge >= 0.3 is 5.97 Å². The van der Waals surface area contributed by atoms with Gasteiger partial charge in [0.25, 0.3) is 5.91 Å². The van der Waals surface area contributed by atoms with Gasteiger partial charge in [-0.3, -0.25) is 4.79 Å². The molecule has 0 bridgehead atoms. The minimum atomic E-state index is -3.81. The zero-order valence-corrected chi connectivity index (χ0v) is 16.3. The molecule has 0 saturated carbocycles. The minimum Gasteiger partial charge on any atom is -0.452 e. The second kappa shape index (κ2) is 8.63. The van der Waals surface area contributed by atoms with Crippen LogP contribution in [0.3, 0.4) is 0 Å². The largest absolute Gasteiger partial charge is 0.452 e. The van der Waals surface area contributed by atoms with Gasteiger partial charge in [-0.05, 0) is 30.3 Å². The standard InChI is InChI=1S/C17H15ClF2N2O5S/c1-22(2)28(25,26)11-4-5-13(18)12(8-11)17(24)27-9-16(23)21-15-6-3-10(19)7-14(15)20/h3-8H,9H2,1-2H3,(H,21,23). The van der Waals surface area contributed by atoms with Crippen LogP contribution in [-0.2, 0) is 19.6 Å². The highest BCUT2D eigenvalue weighted by atomic mass is 35.5. The lowest BCUT2D eigenvalue weighted by molar-refractivity contribution is -0.119. The normalized spacial score (nSPS) is 11.4. The van der Waals surface area contributed by atoms with Gasteiger partial charge in [-0.1, -0.05) is 11.6 Å². The third-order valence-electron chi connectivity index (χ3n) is 3.48. The van der Waals surface area contributed by atoms with E-state index in [1.165, 1.54) is 26.2 Å². The van der Waals surface area contributed by atoms with Crippen molar-refractivity contribution in [2.45, 2.75) is 4.90 Å². The van der Waals surface area contributed by atoms with Gasteiger partial charge in [0, 0.05) is 20.2 Å². The first-order valence-electron chi connectivity index (χ1n) is 7.66. The molecule has 0 heterocycles. The molecule has 0 saturated heterocycles. The molecule has 0 aromatic heterocycles. The molecule has 0 unspecified atom stereocenters. The van der Waals surface area contributed by atoms with Crippen LogP contribution in [0.2, 0.25) is 5.02 Å². The quantitative estimate of drug-likeness (QED) is 0.708. The number of carbonyl (C=O) groups excluding carboxylic acids is 2. The highest BCUT2D eigenvalue weighted by molar-refractivity contribution is 7.89. The van der Waals surface area contributed by atoms with E-state index in [1.54, 1.807) is 0 Å². The van der Waals surface area contributed by atoms with E-state index in [-0.39, 0.29) is 21.2 Å². The summed E-state index contributed by atoms with van der Waals surface area (Å²) >= 11 is 5.91. The monoisotopic (exact) mass is 432 g/mol. The molecular weight excluding hydrogens is 418 g/mol. The fourth-order valence-electron chi connectivity index (χ4n) is 2.02. The fraction of sp³-hybridized carbons (Fsp3) is 0.176. The molecule has 0 atom stereocenters. The van der Waals surface area contributed by atoms with E-state index in [1.807, 2.05) is 0 Å². The molecule has 1 N–H and O–H groups in total. The summed E-state index contributed by atoms with van der Waals surface area (Å²) in [7, 11) is -1.17. The number of esters is 1. The molecular formula is C17H15ClF2N2O5S. The van der Waals surface area contributed by atoms with Crippen molar-refractivity contribution in [2.75, 3.05) is 26.0 Å². The Labute approximate surface area is 164 Å². The van der Waals surface area contributed by atoms with Crippen molar-refractivity contribution in [3.63, 3.8) is 0 Å². The highest BCUT2D eigenvalue weighted by Gasteiger charge is 2.22. The number of nitrogens with one attached hydrogen (secondary N) is 1. The van der Waals surface area contributed by atoms with Gasteiger partial charge < -0.3 is 10.1 Å². The number of halogens is 3. The molecule has 2 rings (SSSR count). The lowest BCUT2D eigenvalue weighted by Crippen LogP contribution is -2.23. The van der Waals surface area contributed by atoms with Gasteiger partial charge in [-0.2, -0.15) is 0 Å². The second-order valence-corrected chi connectivity index (χ2v) is 8.24. The third kappa shape index (κ3) is 5.03. The minimum absolute atomic E-state index is 0.0762. The summed E-state index contributed by atoms with van der Waals surface area (Å²) in [4.78, 5) is 23.8. The van der Waals surface area contributed by atoms with Crippen molar-refractivity contribution in [1.29, 1.82) is 0 Å². The number of ether oxygens (including phenoxy) is 1. The van der Waals surface area contributed by atoms with Crippen LogP contribution in [0, 0.1) is 11.6 Å². The van der Waals surface area contributed by atoms with Crippen LogP contribution in [0.4, 0.5) is 14.5 Å². The third-order valence-corrected chi connectivity index (χ3v) is 5.62. The summed E-state index contributed by atoms with van der Waals surface area (Å²) in [6, 6.07) is 5.99. The molecule has 0 fully saturated rings. The number of rotatable bonds is 6. The average molecular weight is 433 g/mol. The van der Waals surface area contributed by atoms with Crippen molar-refractivity contribution in [3.05, 3.63) is 58.6 Å². The van der Waals surface area contributed by atoms with Gasteiger partial charge in [-0.25, -0.2) is 26.3 Å². The molecule has 28 heavy (non-hydrogen) atoms. The zero-order valence-electron chi connectivity index (χ0n) is 14.7. The maximum atomic E-state index is 13.5. The van der Waals surface area contributed by atoms with Crippen molar-refractivity contribution in [2.24, 2.45) is 0 Å². The lowest BCUT2D eigenvalue weighted by atomic mass is 10.2. The Hall–Kier alpha value is -2.56. The van der Waals surface area contributed by atoms with Gasteiger partial charge in [0.15, 0.2) is 6.61 Å². The number of carbonyl (C=O) groups is 2. The van der Waals surface area contributed by atoms with Crippen LogP contribution in [-0.4, -0.2) is 45.3 Å². The second-order valence-electron chi connectivity index (χ2n) is 5.68. The SMILES string of the molecule is CN(C)S(=O)(=O)c1ccc(Cl)c(C(=O)OCC(=O)Nc2ccc(F)cc2F)c1. The molecule has 0 aliphatic heterocycles. The van der Waals surface area contributed by atoms with Crippen molar-refractivity contribution >= 4 is 39.2 Å². The van der Waals surface area contributed by atoms with Gasteiger partial charge in [0.2, 0.25) is 10.0 Å². The van der Waals surface area contributed by atoms with E-state index >= 15 is 0 Å². The number of amides is 1. The van der Waals surface area contributed by atoms with Crippen molar-refractivity contribution < 1.29 is 31.5 Å². The van der Waals surface area contributed by atoms with Crippen LogP contribution < -0.4 is 5.32 Å². The number of hydrogen-bond acceptors (Lipinski definition) is 5. The van der Waals surface area contributed by atoms with Gasteiger partial charge in [0.1, 0.15) is 11.6 Å². The number of anilines is 1. The van der Waals surface area contributed by atoms with Crippen molar-refractivity contribution in [3.8, 4) is 0 Å². The summed E-state index contributed by atoms with van der Waals surface area (Å²) in [6.45, 7) is -0.795. The van der Waals surface area contributed by atoms with E-state index in [9.17, 15) is 26.8 Å². The highest BCUT2D eigenvalue weighted by Crippen LogP contribution is 2.23. The summed E-state index contributed by atoms with van der Waals surface area (Å²) in [6.07, 6.45) is 0. The van der Waals surface area contributed by atoms with Crippen LogP contribution in [0.15, 0.2) is 41.3 Å². The lowest BCUT2D eigenvalue weighted by Gasteiger charge is -2.13. The molecule has 0 aliphatic carbocycles. The molecule has 1 amide bonds. The van der Waals surface area contributed by atoms with Crippen LogP contribution >= 0.6 is 11.6 Å². The summed E-state index contributed by atoms with van der Waals surface area (Å²) in [5.41, 5.74) is -0.551. The Balaban J connectivity index is 2.09. The molecule has 150 valence electrons. The van der Waals surface area contributed by atoms with Gasteiger partial charge in [0.05, 0.1) is 21.2 Å². The topological polar surface area (TPSA) is 92.8 Å². The number of benzene rings is 2. The fourth-order valence-corrected chi connectivity index (χ4v) is 3.14. The maximum absolute atomic E-state index is 13.5. The molecule has 0 aliphatic rings. The van der Waals surface area contributed by atoms with Crippen LogP contribution in [0.1, 0.15) is 10.4 Å². The Bertz CT molecular complexity index is 1030. The van der Waals surface area contributed by atoms with Gasteiger partial charge in [-0.15, -0.1) is 0 Å². The van der Waals surface area contributed by atoms with Crippen LogP contribution in [0.25, 0.3) is 0 Å². The molecule has 0 radical (unpaired) electrons. The Morgan fingerprint density at radius 3 is 2.43 bits per heavy atom. The molecule has 2 aromatic rings. The molecule has 7 nitrogen and oxygen atoms in total. The summed E-state index contributed by atoms with van der Waals surface area (Å²) in [5.74, 6) is -3.74.